The number of nitrogens with zero attached hydrogens (tertiary/aromatic N) is 2. The second-order valence-electron chi connectivity index (χ2n) is 4.86. The number of hydrazine groups is 1. The second kappa shape index (κ2) is 6.29. The molecule has 0 fully saturated rings. The highest BCUT2D eigenvalue weighted by molar-refractivity contribution is 5.94. The summed E-state index contributed by atoms with van der Waals surface area (Å²) in [6.07, 6.45) is 0. The van der Waals surface area contributed by atoms with E-state index in [1.165, 1.54) is 29.3 Å². The van der Waals surface area contributed by atoms with Crippen LogP contribution >= 0.6 is 0 Å². The van der Waals surface area contributed by atoms with E-state index in [1.807, 2.05) is 27.7 Å². The largest absolute Gasteiger partial charge is 0.271 e. The number of rotatable bonds is 5. The number of nitro groups is 1. The molecule has 6 heteroatoms. The fourth-order valence-electron chi connectivity index (χ4n) is 1.59. The van der Waals surface area contributed by atoms with Crippen molar-refractivity contribution in [2.24, 2.45) is 0 Å². The predicted octanol–water partition coefficient (Wildman–Crippen LogP) is 2.36. The van der Waals surface area contributed by atoms with Gasteiger partial charge in [-0.2, -0.15) is 0 Å². The molecule has 0 spiro atoms. The zero-order chi connectivity index (χ0) is 14.6. The van der Waals surface area contributed by atoms with Gasteiger partial charge in [-0.05, 0) is 39.8 Å². The van der Waals surface area contributed by atoms with Crippen LogP contribution in [0.25, 0.3) is 0 Å². The van der Waals surface area contributed by atoms with Gasteiger partial charge in [0.05, 0.1) is 4.92 Å². The van der Waals surface area contributed by atoms with Crippen molar-refractivity contribution in [1.82, 2.24) is 10.4 Å². The van der Waals surface area contributed by atoms with Gasteiger partial charge in [0.2, 0.25) is 0 Å². The minimum atomic E-state index is -0.485. The molecule has 0 saturated heterocycles. The summed E-state index contributed by atoms with van der Waals surface area (Å²) < 4.78 is 0. The Bertz CT molecular complexity index is 455. The molecule has 0 aliphatic rings. The summed E-state index contributed by atoms with van der Waals surface area (Å²) in [4.78, 5) is 22.4. The Morgan fingerprint density at radius 3 is 2.11 bits per heavy atom. The average molecular weight is 265 g/mol. The van der Waals surface area contributed by atoms with Crippen molar-refractivity contribution in [1.29, 1.82) is 0 Å². The van der Waals surface area contributed by atoms with Crippen LogP contribution in [0.4, 0.5) is 5.69 Å². The van der Waals surface area contributed by atoms with E-state index in [0.29, 0.717) is 5.56 Å². The van der Waals surface area contributed by atoms with Gasteiger partial charge in [0, 0.05) is 29.8 Å². The molecule has 0 atom stereocenters. The first-order valence-electron chi connectivity index (χ1n) is 6.17. The number of amides is 1. The lowest BCUT2D eigenvalue weighted by atomic mass is 10.2. The van der Waals surface area contributed by atoms with Crippen molar-refractivity contribution in [3.05, 3.63) is 39.9 Å². The molecule has 0 radical (unpaired) electrons. The molecule has 0 saturated carbocycles. The minimum Gasteiger partial charge on any atom is -0.271 e. The first-order chi connectivity index (χ1) is 8.82. The number of carbonyl (C=O) groups is 1. The number of nitrogens with one attached hydrogen (secondary N) is 1. The van der Waals surface area contributed by atoms with Crippen LogP contribution < -0.4 is 5.43 Å². The molecule has 0 aliphatic carbocycles. The van der Waals surface area contributed by atoms with Crippen LogP contribution in [0.2, 0.25) is 0 Å². The van der Waals surface area contributed by atoms with Crippen LogP contribution in [0.1, 0.15) is 38.1 Å². The maximum atomic E-state index is 12.3. The first kappa shape index (κ1) is 15.1. The maximum Gasteiger partial charge on any atom is 0.269 e. The Kier molecular flexibility index (Phi) is 5.00. The number of carbonyl (C=O) groups excluding carboxylic acids is 1. The lowest BCUT2D eigenvalue weighted by molar-refractivity contribution is -0.384. The van der Waals surface area contributed by atoms with Crippen LogP contribution in [-0.2, 0) is 0 Å². The van der Waals surface area contributed by atoms with Crippen LogP contribution in [0.3, 0.4) is 0 Å². The fourth-order valence-corrected chi connectivity index (χ4v) is 1.59. The van der Waals surface area contributed by atoms with Crippen LogP contribution in [0.5, 0.6) is 0 Å². The van der Waals surface area contributed by atoms with Crippen molar-refractivity contribution < 1.29 is 9.72 Å². The molecule has 0 aromatic heterocycles. The maximum absolute atomic E-state index is 12.3. The third kappa shape index (κ3) is 4.03. The molecule has 0 unspecified atom stereocenters. The summed E-state index contributed by atoms with van der Waals surface area (Å²) in [5, 5.41) is 12.1. The Morgan fingerprint density at radius 1 is 1.21 bits per heavy atom. The van der Waals surface area contributed by atoms with E-state index in [0.717, 1.165) is 0 Å². The van der Waals surface area contributed by atoms with Gasteiger partial charge >= 0.3 is 0 Å². The highest BCUT2D eigenvalue weighted by Crippen LogP contribution is 2.14. The van der Waals surface area contributed by atoms with Crippen molar-refractivity contribution in [2.75, 3.05) is 0 Å². The van der Waals surface area contributed by atoms with Crippen LogP contribution in [0, 0.1) is 10.1 Å². The molecule has 1 aromatic carbocycles. The van der Waals surface area contributed by atoms with Gasteiger partial charge in [0.25, 0.3) is 11.6 Å². The van der Waals surface area contributed by atoms with Crippen LogP contribution in [0.15, 0.2) is 24.3 Å². The SMILES string of the molecule is CC(C)NN(C(=O)c1ccc([N+](=O)[O-])cc1)C(C)C. The van der Waals surface area contributed by atoms with Gasteiger partial charge in [-0.25, -0.2) is 5.43 Å². The highest BCUT2D eigenvalue weighted by Gasteiger charge is 2.20. The quantitative estimate of drug-likeness (QED) is 0.655. The monoisotopic (exact) mass is 265 g/mol. The standard InChI is InChI=1S/C13H19N3O3/c1-9(2)14-15(10(3)4)13(17)11-5-7-12(8-6-11)16(18)19/h5-10,14H,1-4H3. The van der Waals surface area contributed by atoms with E-state index in [4.69, 9.17) is 0 Å². The molecule has 0 bridgehead atoms. The molecule has 6 nitrogen and oxygen atoms in total. The fraction of sp³-hybridized carbons (Fsp3) is 0.462. The molecule has 1 rings (SSSR count). The number of hydrogen-bond acceptors (Lipinski definition) is 4. The van der Waals surface area contributed by atoms with Gasteiger partial charge in [0.15, 0.2) is 0 Å². The van der Waals surface area contributed by atoms with Gasteiger partial charge in [-0.1, -0.05) is 0 Å². The summed E-state index contributed by atoms with van der Waals surface area (Å²) in [5.74, 6) is -0.196. The molecule has 104 valence electrons. The van der Waals surface area contributed by atoms with E-state index in [-0.39, 0.29) is 23.7 Å². The summed E-state index contributed by atoms with van der Waals surface area (Å²) in [5.41, 5.74) is 3.46. The summed E-state index contributed by atoms with van der Waals surface area (Å²) in [6.45, 7) is 7.69. The van der Waals surface area contributed by atoms with Crippen molar-refractivity contribution in [2.45, 2.75) is 39.8 Å². The van der Waals surface area contributed by atoms with E-state index in [1.54, 1.807) is 0 Å². The number of non-ortho nitro benzene ring substituents is 1. The zero-order valence-corrected chi connectivity index (χ0v) is 11.6. The lowest BCUT2D eigenvalue weighted by Gasteiger charge is -2.29. The third-order valence-corrected chi connectivity index (χ3v) is 2.46. The molecule has 0 aliphatic heterocycles. The summed E-state index contributed by atoms with van der Waals surface area (Å²) >= 11 is 0. The van der Waals surface area contributed by atoms with E-state index in [2.05, 4.69) is 5.43 Å². The topological polar surface area (TPSA) is 75.5 Å². The van der Waals surface area contributed by atoms with E-state index < -0.39 is 4.92 Å². The summed E-state index contributed by atoms with van der Waals surface area (Å²) in [6, 6.07) is 5.73. The average Bonchev–Trinajstić information content (AvgIpc) is 2.34. The number of benzene rings is 1. The molecule has 1 aromatic rings. The molecule has 0 heterocycles. The predicted molar refractivity (Wildman–Crippen MR) is 72.7 cm³/mol. The molecule has 1 N–H and O–H groups in total. The molecular formula is C13H19N3O3. The number of hydrogen-bond donors (Lipinski definition) is 1. The Balaban J connectivity index is 2.93. The Hall–Kier alpha value is -1.95. The molecular weight excluding hydrogens is 246 g/mol. The van der Waals surface area contributed by atoms with E-state index in [9.17, 15) is 14.9 Å². The molecule has 19 heavy (non-hydrogen) atoms. The van der Waals surface area contributed by atoms with Crippen molar-refractivity contribution in [3.8, 4) is 0 Å². The second-order valence-corrected chi connectivity index (χ2v) is 4.86. The van der Waals surface area contributed by atoms with Gasteiger partial charge < -0.3 is 0 Å². The normalized spacial score (nSPS) is 10.8. The van der Waals surface area contributed by atoms with Gasteiger partial charge in [-0.3, -0.25) is 19.9 Å². The van der Waals surface area contributed by atoms with E-state index >= 15 is 0 Å². The van der Waals surface area contributed by atoms with Crippen molar-refractivity contribution in [3.63, 3.8) is 0 Å². The Labute approximate surface area is 112 Å². The smallest absolute Gasteiger partial charge is 0.269 e. The molecule has 1 amide bonds. The third-order valence-electron chi connectivity index (χ3n) is 2.46. The lowest BCUT2D eigenvalue weighted by Crippen LogP contribution is -2.50. The van der Waals surface area contributed by atoms with Gasteiger partial charge in [-0.15, -0.1) is 0 Å². The first-order valence-corrected chi connectivity index (χ1v) is 6.17. The Morgan fingerprint density at radius 2 is 1.74 bits per heavy atom. The summed E-state index contributed by atoms with van der Waals surface area (Å²) in [7, 11) is 0. The van der Waals surface area contributed by atoms with Crippen LogP contribution in [-0.4, -0.2) is 27.9 Å². The minimum absolute atomic E-state index is 0.00917. The number of nitro benzene ring substituents is 1. The van der Waals surface area contributed by atoms with Crippen molar-refractivity contribution >= 4 is 11.6 Å². The zero-order valence-electron chi connectivity index (χ0n) is 11.6. The van der Waals surface area contributed by atoms with Gasteiger partial charge in [0.1, 0.15) is 0 Å². The highest BCUT2D eigenvalue weighted by atomic mass is 16.6.